The highest BCUT2D eigenvalue weighted by molar-refractivity contribution is 5.32. The number of hydrogen-bond donors (Lipinski definition) is 1. The van der Waals surface area contributed by atoms with Gasteiger partial charge in [-0.15, -0.1) is 0 Å². The average molecular weight is 210 g/mol. The third kappa shape index (κ3) is 2.62. The van der Waals surface area contributed by atoms with Gasteiger partial charge in [0.15, 0.2) is 0 Å². The van der Waals surface area contributed by atoms with E-state index in [1.54, 1.807) is 0 Å². The van der Waals surface area contributed by atoms with Crippen molar-refractivity contribution >= 4 is 5.82 Å². The summed E-state index contributed by atoms with van der Waals surface area (Å²) in [6.45, 7) is 1.96. The molecule has 0 aromatic carbocycles. The molecule has 1 unspecified atom stereocenters. The first-order valence-electron chi connectivity index (χ1n) is 5.17. The van der Waals surface area contributed by atoms with Gasteiger partial charge in [-0.2, -0.15) is 4.39 Å². The molecule has 4 nitrogen and oxygen atoms in total. The summed E-state index contributed by atoms with van der Waals surface area (Å²) < 4.78 is 12.7. The lowest BCUT2D eigenvalue weighted by Gasteiger charge is -2.19. The quantitative estimate of drug-likeness (QED) is 0.759. The van der Waals surface area contributed by atoms with Gasteiger partial charge in [-0.25, -0.2) is 9.97 Å². The van der Waals surface area contributed by atoms with Gasteiger partial charge in [0, 0.05) is 18.7 Å². The summed E-state index contributed by atoms with van der Waals surface area (Å²) in [6.07, 6.45) is 3.66. The van der Waals surface area contributed by atoms with E-state index in [0.717, 1.165) is 13.1 Å². The van der Waals surface area contributed by atoms with Crippen molar-refractivity contribution in [2.45, 2.75) is 18.9 Å². The third-order valence-electron chi connectivity index (χ3n) is 2.82. The molecule has 0 bridgehead atoms. The van der Waals surface area contributed by atoms with E-state index >= 15 is 0 Å². The van der Waals surface area contributed by atoms with E-state index in [1.165, 1.54) is 25.2 Å². The first-order valence-corrected chi connectivity index (χ1v) is 5.17. The fraction of sp³-hybridized carbons (Fsp3) is 0.600. The predicted molar refractivity (Wildman–Crippen MR) is 56.1 cm³/mol. The Morgan fingerprint density at radius 3 is 3.13 bits per heavy atom. The highest BCUT2D eigenvalue weighted by atomic mass is 19.1. The van der Waals surface area contributed by atoms with Crippen molar-refractivity contribution in [3.63, 3.8) is 0 Å². The average Bonchev–Trinajstić information content (AvgIpc) is 2.61. The van der Waals surface area contributed by atoms with Crippen LogP contribution in [-0.4, -0.2) is 41.0 Å². The van der Waals surface area contributed by atoms with Crippen molar-refractivity contribution in [1.82, 2.24) is 14.9 Å². The van der Waals surface area contributed by atoms with Crippen molar-refractivity contribution in [1.29, 1.82) is 0 Å². The molecule has 0 radical (unpaired) electrons. The van der Waals surface area contributed by atoms with Crippen LogP contribution in [0.25, 0.3) is 0 Å². The molecule has 1 saturated heterocycles. The number of nitrogens with one attached hydrogen (secondary N) is 1. The monoisotopic (exact) mass is 210 g/mol. The van der Waals surface area contributed by atoms with E-state index in [2.05, 4.69) is 27.2 Å². The minimum atomic E-state index is -0.493. The number of nitrogens with zero attached hydrogens (tertiary/aromatic N) is 3. The SMILES string of the molecule is CN1CCCC1CNc1cc(F)ncn1. The Labute approximate surface area is 88.5 Å². The number of likely N-dealkylation sites (tertiary alicyclic amines) is 1. The molecule has 1 aliphatic rings. The molecule has 15 heavy (non-hydrogen) atoms. The zero-order valence-corrected chi connectivity index (χ0v) is 8.78. The van der Waals surface area contributed by atoms with Gasteiger partial charge in [0.1, 0.15) is 12.1 Å². The maximum absolute atomic E-state index is 12.7. The Morgan fingerprint density at radius 2 is 2.47 bits per heavy atom. The lowest BCUT2D eigenvalue weighted by molar-refractivity contribution is 0.322. The third-order valence-corrected chi connectivity index (χ3v) is 2.82. The standard InChI is InChI=1S/C10H15FN4/c1-15-4-2-3-8(15)6-12-10-5-9(11)13-7-14-10/h5,7-8H,2-4,6H2,1H3,(H,12,13,14). The van der Waals surface area contributed by atoms with Gasteiger partial charge in [-0.1, -0.05) is 0 Å². The number of anilines is 1. The number of likely N-dealkylation sites (N-methyl/N-ethyl adjacent to an activating group) is 1. The van der Waals surface area contributed by atoms with Gasteiger partial charge in [0.05, 0.1) is 0 Å². The summed E-state index contributed by atoms with van der Waals surface area (Å²) in [6, 6.07) is 1.85. The number of aromatic nitrogens is 2. The highest BCUT2D eigenvalue weighted by Gasteiger charge is 2.20. The van der Waals surface area contributed by atoms with Crippen LogP contribution in [0.5, 0.6) is 0 Å². The van der Waals surface area contributed by atoms with Crippen molar-refractivity contribution in [3.05, 3.63) is 18.3 Å². The first-order chi connectivity index (χ1) is 7.25. The van der Waals surface area contributed by atoms with Crippen LogP contribution in [0.4, 0.5) is 10.2 Å². The van der Waals surface area contributed by atoms with E-state index in [-0.39, 0.29) is 0 Å². The van der Waals surface area contributed by atoms with E-state index in [4.69, 9.17) is 0 Å². The Morgan fingerprint density at radius 1 is 1.60 bits per heavy atom. The largest absolute Gasteiger partial charge is 0.368 e. The van der Waals surface area contributed by atoms with Crippen LogP contribution in [0.2, 0.25) is 0 Å². The topological polar surface area (TPSA) is 41.0 Å². The molecule has 82 valence electrons. The fourth-order valence-electron chi connectivity index (χ4n) is 1.89. The van der Waals surface area contributed by atoms with Gasteiger partial charge in [-0.3, -0.25) is 0 Å². The second-order valence-electron chi connectivity index (χ2n) is 3.88. The lowest BCUT2D eigenvalue weighted by Crippen LogP contribution is -2.31. The summed E-state index contributed by atoms with van der Waals surface area (Å²) in [5.41, 5.74) is 0. The number of halogens is 1. The van der Waals surface area contributed by atoms with E-state index in [9.17, 15) is 4.39 Å². The van der Waals surface area contributed by atoms with Gasteiger partial charge in [-0.05, 0) is 26.4 Å². The molecular weight excluding hydrogens is 195 g/mol. The molecule has 1 aromatic heterocycles. The van der Waals surface area contributed by atoms with Crippen LogP contribution < -0.4 is 5.32 Å². The van der Waals surface area contributed by atoms with Gasteiger partial charge in [0.2, 0.25) is 5.95 Å². The van der Waals surface area contributed by atoms with Crippen LogP contribution in [-0.2, 0) is 0 Å². The Kier molecular flexibility index (Phi) is 3.11. The smallest absolute Gasteiger partial charge is 0.217 e. The van der Waals surface area contributed by atoms with Crippen LogP contribution in [0.1, 0.15) is 12.8 Å². The van der Waals surface area contributed by atoms with Gasteiger partial charge >= 0.3 is 0 Å². The van der Waals surface area contributed by atoms with Crippen molar-refractivity contribution in [2.24, 2.45) is 0 Å². The molecule has 1 N–H and O–H groups in total. The Bertz CT molecular complexity index is 331. The normalized spacial score (nSPS) is 21.9. The van der Waals surface area contributed by atoms with E-state index < -0.39 is 5.95 Å². The molecule has 0 aliphatic carbocycles. The van der Waals surface area contributed by atoms with Crippen LogP contribution in [0.15, 0.2) is 12.4 Å². The molecule has 1 aliphatic heterocycles. The summed E-state index contributed by atoms with van der Waals surface area (Å²) in [5.74, 6) is 0.0649. The molecule has 5 heteroatoms. The summed E-state index contributed by atoms with van der Waals surface area (Å²) >= 11 is 0. The zero-order valence-electron chi connectivity index (χ0n) is 8.78. The van der Waals surface area contributed by atoms with Crippen molar-refractivity contribution < 1.29 is 4.39 Å². The van der Waals surface area contributed by atoms with Crippen LogP contribution in [0.3, 0.4) is 0 Å². The second kappa shape index (κ2) is 4.53. The molecule has 0 spiro atoms. The zero-order chi connectivity index (χ0) is 10.7. The van der Waals surface area contributed by atoms with Crippen molar-refractivity contribution in [2.75, 3.05) is 25.5 Å². The van der Waals surface area contributed by atoms with E-state index in [0.29, 0.717) is 11.9 Å². The summed E-state index contributed by atoms with van der Waals surface area (Å²) in [5, 5.41) is 3.13. The predicted octanol–water partition coefficient (Wildman–Crippen LogP) is 1.12. The molecule has 0 saturated carbocycles. The van der Waals surface area contributed by atoms with Gasteiger partial charge in [0.25, 0.3) is 0 Å². The maximum Gasteiger partial charge on any atom is 0.217 e. The minimum absolute atomic E-state index is 0.493. The number of hydrogen-bond acceptors (Lipinski definition) is 4. The molecule has 2 heterocycles. The number of rotatable bonds is 3. The first kappa shape index (κ1) is 10.3. The molecule has 1 aromatic rings. The summed E-state index contributed by atoms with van der Waals surface area (Å²) in [4.78, 5) is 9.66. The fourth-order valence-corrected chi connectivity index (χ4v) is 1.89. The molecule has 1 atom stereocenters. The van der Waals surface area contributed by atoms with Crippen LogP contribution in [0, 0.1) is 5.95 Å². The second-order valence-corrected chi connectivity index (χ2v) is 3.88. The Balaban J connectivity index is 1.87. The minimum Gasteiger partial charge on any atom is -0.368 e. The lowest BCUT2D eigenvalue weighted by atomic mass is 10.2. The maximum atomic E-state index is 12.7. The van der Waals surface area contributed by atoms with Gasteiger partial charge < -0.3 is 10.2 Å². The van der Waals surface area contributed by atoms with E-state index in [1.807, 2.05) is 0 Å². The Hall–Kier alpha value is -1.23. The molecule has 2 rings (SSSR count). The molecule has 0 amide bonds. The molecule has 1 fully saturated rings. The molecular formula is C10H15FN4. The van der Waals surface area contributed by atoms with Crippen LogP contribution >= 0.6 is 0 Å². The highest BCUT2D eigenvalue weighted by Crippen LogP contribution is 2.15. The van der Waals surface area contributed by atoms with Crippen molar-refractivity contribution in [3.8, 4) is 0 Å². The summed E-state index contributed by atoms with van der Waals surface area (Å²) in [7, 11) is 2.11.